The summed E-state index contributed by atoms with van der Waals surface area (Å²) in [5.41, 5.74) is 2.16. The van der Waals surface area contributed by atoms with Gasteiger partial charge in [-0.2, -0.15) is 0 Å². The number of aromatic amines is 1. The summed E-state index contributed by atoms with van der Waals surface area (Å²) in [5, 5.41) is 9.18. The van der Waals surface area contributed by atoms with Crippen LogP contribution in [0.2, 0.25) is 0 Å². The first-order valence-corrected chi connectivity index (χ1v) is 10.2. The molecule has 1 aromatic heterocycles. The standard InChI is InChI=1S/C22H20N2O4S/c1-13-18-20(25)23-17(24-21(18)29-19(13)22(26)27)11-15-9-5-6-10-16(15)28-12-14-7-3-2-4-8-14/h2-10,13,19H,11-12H2,1H3,(H,26,27)(H,23,24,25). The first-order chi connectivity index (χ1) is 14.0. The van der Waals surface area contributed by atoms with Gasteiger partial charge in [-0.25, -0.2) is 4.98 Å². The number of H-pyrrole nitrogens is 1. The summed E-state index contributed by atoms with van der Waals surface area (Å²) < 4.78 is 5.98. The van der Waals surface area contributed by atoms with Crippen molar-refractivity contribution in [2.45, 2.75) is 36.1 Å². The second kappa shape index (κ2) is 8.13. The van der Waals surface area contributed by atoms with E-state index in [2.05, 4.69) is 9.97 Å². The van der Waals surface area contributed by atoms with Crippen LogP contribution in [-0.2, 0) is 17.8 Å². The van der Waals surface area contributed by atoms with E-state index in [1.807, 2.05) is 54.6 Å². The third-order valence-corrected chi connectivity index (χ3v) is 6.33. The molecular formula is C22H20N2O4S. The van der Waals surface area contributed by atoms with Crippen molar-refractivity contribution in [3.8, 4) is 5.75 Å². The summed E-state index contributed by atoms with van der Waals surface area (Å²) in [6.07, 6.45) is 0.389. The summed E-state index contributed by atoms with van der Waals surface area (Å²) >= 11 is 1.14. The number of carboxylic acid groups (broad SMARTS) is 1. The number of para-hydroxylation sites is 1. The van der Waals surface area contributed by atoms with Crippen LogP contribution >= 0.6 is 11.8 Å². The number of hydrogen-bond donors (Lipinski definition) is 2. The van der Waals surface area contributed by atoms with Crippen LogP contribution in [0.25, 0.3) is 0 Å². The molecule has 2 N–H and O–H groups in total. The zero-order valence-electron chi connectivity index (χ0n) is 15.8. The van der Waals surface area contributed by atoms with E-state index in [9.17, 15) is 14.7 Å². The van der Waals surface area contributed by atoms with Crippen molar-refractivity contribution in [1.82, 2.24) is 9.97 Å². The number of aromatic nitrogens is 2. The number of thioether (sulfide) groups is 1. The Morgan fingerprint density at radius 3 is 2.66 bits per heavy atom. The molecule has 0 radical (unpaired) electrons. The molecule has 148 valence electrons. The molecule has 2 unspecified atom stereocenters. The van der Waals surface area contributed by atoms with Gasteiger partial charge in [0.25, 0.3) is 5.56 Å². The molecule has 0 spiro atoms. The second-order valence-corrected chi connectivity index (χ2v) is 8.09. The summed E-state index contributed by atoms with van der Waals surface area (Å²) in [6, 6.07) is 17.5. The lowest BCUT2D eigenvalue weighted by molar-refractivity contribution is -0.136. The van der Waals surface area contributed by atoms with Crippen LogP contribution in [0.3, 0.4) is 0 Å². The normalized spacial score (nSPS) is 17.7. The third kappa shape index (κ3) is 4.05. The maximum absolute atomic E-state index is 12.6. The predicted octanol–water partition coefficient (Wildman–Crippen LogP) is 3.60. The maximum Gasteiger partial charge on any atom is 0.317 e. The van der Waals surface area contributed by atoms with Crippen LogP contribution in [0, 0.1) is 0 Å². The fourth-order valence-electron chi connectivity index (χ4n) is 3.43. The Morgan fingerprint density at radius 2 is 1.90 bits per heavy atom. The average Bonchev–Trinajstić information content (AvgIpc) is 3.05. The Balaban J connectivity index is 1.57. The molecule has 6 nitrogen and oxygen atoms in total. The minimum absolute atomic E-state index is 0.267. The largest absolute Gasteiger partial charge is 0.489 e. The third-order valence-electron chi connectivity index (χ3n) is 4.93. The van der Waals surface area contributed by atoms with E-state index in [0.717, 1.165) is 28.6 Å². The second-order valence-electron chi connectivity index (χ2n) is 6.96. The molecule has 0 amide bonds. The number of carbonyl (C=O) groups is 1. The lowest BCUT2D eigenvalue weighted by atomic mass is 10.0. The zero-order valence-corrected chi connectivity index (χ0v) is 16.6. The highest BCUT2D eigenvalue weighted by Crippen LogP contribution is 2.42. The highest BCUT2D eigenvalue weighted by molar-refractivity contribution is 8.00. The van der Waals surface area contributed by atoms with Gasteiger partial charge in [-0.15, -0.1) is 0 Å². The van der Waals surface area contributed by atoms with Gasteiger partial charge in [-0.3, -0.25) is 9.59 Å². The maximum atomic E-state index is 12.6. The number of ether oxygens (including phenoxy) is 1. The molecule has 29 heavy (non-hydrogen) atoms. The quantitative estimate of drug-likeness (QED) is 0.606. The lowest BCUT2D eigenvalue weighted by Crippen LogP contribution is -2.23. The minimum atomic E-state index is -0.930. The van der Waals surface area contributed by atoms with Gasteiger partial charge in [-0.1, -0.05) is 67.2 Å². The predicted molar refractivity (Wildman–Crippen MR) is 111 cm³/mol. The highest BCUT2D eigenvalue weighted by Gasteiger charge is 2.38. The van der Waals surface area contributed by atoms with Crippen molar-refractivity contribution in [3.63, 3.8) is 0 Å². The SMILES string of the molecule is CC1c2c(nc(Cc3ccccc3OCc3ccccc3)[nH]c2=O)SC1C(=O)O. The Bertz CT molecular complexity index is 1100. The molecule has 4 rings (SSSR count). The summed E-state index contributed by atoms with van der Waals surface area (Å²) in [7, 11) is 0. The topological polar surface area (TPSA) is 92.3 Å². The first kappa shape index (κ1) is 19.3. The molecule has 7 heteroatoms. The molecule has 0 saturated heterocycles. The summed E-state index contributed by atoms with van der Waals surface area (Å²) in [5.74, 6) is -0.0837. The van der Waals surface area contributed by atoms with Crippen molar-refractivity contribution in [3.05, 3.63) is 87.5 Å². The number of fused-ring (bicyclic) bond motifs is 1. The van der Waals surface area contributed by atoms with E-state index in [0.29, 0.717) is 29.4 Å². The monoisotopic (exact) mass is 408 g/mol. The highest BCUT2D eigenvalue weighted by atomic mass is 32.2. The van der Waals surface area contributed by atoms with Crippen molar-refractivity contribution in [1.29, 1.82) is 0 Å². The Morgan fingerprint density at radius 1 is 1.17 bits per heavy atom. The number of nitrogens with one attached hydrogen (secondary N) is 1. The van der Waals surface area contributed by atoms with E-state index in [-0.39, 0.29) is 11.5 Å². The minimum Gasteiger partial charge on any atom is -0.489 e. The van der Waals surface area contributed by atoms with Crippen molar-refractivity contribution >= 4 is 17.7 Å². The number of nitrogens with zero attached hydrogens (tertiary/aromatic N) is 1. The molecule has 1 aliphatic heterocycles. The van der Waals surface area contributed by atoms with Crippen LogP contribution in [0.4, 0.5) is 0 Å². The van der Waals surface area contributed by atoms with Gasteiger partial charge in [0.15, 0.2) is 0 Å². The number of rotatable bonds is 6. The number of benzene rings is 2. The number of hydrogen-bond acceptors (Lipinski definition) is 5. The molecule has 2 aromatic carbocycles. The molecule has 0 aliphatic carbocycles. The number of carboxylic acids is 1. The summed E-state index contributed by atoms with van der Waals surface area (Å²) in [6.45, 7) is 2.20. The Labute approximate surface area is 172 Å². The van der Waals surface area contributed by atoms with Gasteiger partial charge >= 0.3 is 5.97 Å². The number of aliphatic carboxylic acids is 1. The fraction of sp³-hybridized carbons (Fsp3) is 0.227. The molecule has 1 aliphatic rings. The zero-order chi connectivity index (χ0) is 20.4. The lowest BCUT2D eigenvalue weighted by Gasteiger charge is -2.12. The molecule has 2 atom stereocenters. The Hall–Kier alpha value is -3.06. The van der Waals surface area contributed by atoms with E-state index >= 15 is 0 Å². The van der Waals surface area contributed by atoms with Crippen LogP contribution in [0.15, 0.2) is 64.4 Å². The average molecular weight is 408 g/mol. The van der Waals surface area contributed by atoms with E-state index < -0.39 is 11.2 Å². The molecule has 0 saturated carbocycles. The van der Waals surface area contributed by atoms with Crippen molar-refractivity contribution < 1.29 is 14.6 Å². The van der Waals surface area contributed by atoms with Crippen LogP contribution in [-0.4, -0.2) is 26.3 Å². The van der Waals surface area contributed by atoms with Gasteiger partial charge < -0.3 is 14.8 Å². The molecule has 2 heterocycles. The first-order valence-electron chi connectivity index (χ1n) is 9.30. The van der Waals surface area contributed by atoms with Gasteiger partial charge in [0, 0.05) is 17.9 Å². The smallest absolute Gasteiger partial charge is 0.317 e. The van der Waals surface area contributed by atoms with Gasteiger partial charge in [0.1, 0.15) is 28.5 Å². The molecular weight excluding hydrogens is 388 g/mol. The van der Waals surface area contributed by atoms with Gasteiger partial charge in [0.05, 0.1) is 5.56 Å². The van der Waals surface area contributed by atoms with Crippen LogP contribution in [0.5, 0.6) is 5.75 Å². The fourth-order valence-corrected chi connectivity index (χ4v) is 4.68. The van der Waals surface area contributed by atoms with E-state index in [1.165, 1.54) is 0 Å². The van der Waals surface area contributed by atoms with Crippen molar-refractivity contribution in [2.75, 3.05) is 0 Å². The summed E-state index contributed by atoms with van der Waals surface area (Å²) in [4.78, 5) is 31.3. The molecule has 0 fully saturated rings. The van der Waals surface area contributed by atoms with Crippen LogP contribution < -0.4 is 10.3 Å². The Kier molecular flexibility index (Phi) is 5.40. The molecule has 0 bridgehead atoms. The van der Waals surface area contributed by atoms with Crippen molar-refractivity contribution in [2.24, 2.45) is 0 Å². The van der Waals surface area contributed by atoms with E-state index in [4.69, 9.17) is 4.74 Å². The molecule has 3 aromatic rings. The van der Waals surface area contributed by atoms with Gasteiger partial charge in [0.2, 0.25) is 0 Å². The van der Waals surface area contributed by atoms with E-state index in [1.54, 1.807) is 6.92 Å². The van der Waals surface area contributed by atoms with Crippen LogP contribution in [0.1, 0.15) is 35.4 Å². The van der Waals surface area contributed by atoms with Gasteiger partial charge in [-0.05, 0) is 11.6 Å².